The van der Waals surface area contributed by atoms with Crippen LogP contribution in [-0.4, -0.2) is 41.1 Å². The maximum absolute atomic E-state index is 11.8. The van der Waals surface area contributed by atoms with E-state index in [1.54, 1.807) is 0 Å². The summed E-state index contributed by atoms with van der Waals surface area (Å²) in [5.41, 5.74) is 0. The quantitative estimate of drug-likeness (QED) is 0.147. The van der Waals surface area contributed by atoms with Crippen LogP contribution in [0.1, 0.15) is 103 Å². The molecule has 1 atom stereocenters. The third-order valence-electron chi connectivity index (χ3n) is 5.26. The van der Waals surface area contributed by atoms with Crippen molar-refractivity contribution in [1.29, 1.82) is 0 Å². The van der Waals surface area contributed by atoms with Gasteiger partial charge >= 0.3 is 5.97 Å². The average molecular weight is 460 g/mol. The number of allylic oxidation sites excluding steroid dienone is 2. The highest BCUT2D eigenvalue weighted by atomic mass is 32.2. The number of nitrogens with zero attached hydrogens (tertiary/aromatic N) is 1. The van der Waals surface area contributed by atoms with E-state index in [9.17, 15) is 22.8 Å². The number of imide groups is 1. The molecule has 0 aromatic heterocycles. The Kier molecular flexibility index (Phi) is 13.3. The Morgan fingerprint density at radius 1 is 0.968 bits per heavy atom. The first-order valence-corrected chi connectivity index (χ1v) is 13.0. The van der Waals surface area contributed by atoms with Gasteiger partial charge in [-0.1, -0.05) is 70.4 Å². The molecule has 1 fully saturated rings. The Balaban J connectivity index is 2.02. The van der Waals surface area contributed by atoms with E-state index in [-0.39, 0.29) is 11.5 Å². The van der Waals surface area contributed by atoms with Gasteiger partial charge in [0.2, 0.25) is 0 Å². The van der Waals surface area contributed by atoms with Gasteiger partial charge in [-0.15, -0.1) is 5.06 Å². The molecule has 8 nitrogen and oxygen atoms in total. The topological polar surface area (TPSA) is 118 Å². The summed E-state index contributed by atoms with van der Waals surface area (Å²) in [5.74, 6) is -2.95. The van der Waals surface area contributed by atoms with E-state index in [0.717, 1.165) is 38.5 Å². The predicted octanol–water partition coefficient (Wildman–Crippen LogP) is 4.50. The average Bonchev–Trinajstić information content (AvgIpc) is 2.99. The van der Waals surface area contributed by atoms with Crippen molar-refractivity contribution in [3.05, 3.63) is 12.2 Å². The second-order valence-electron chi connectivity index (χ2n) is 8.03. The third kappa shape index (κ3) is 11.4. The Morgan fingerprint density at radius 3 is 2.00 bits per heavy atom. The monoisotopic (exact) mass is 459 g/mol. The van der Waals surface area contributed by atoms with Crippen molar-refractivity contribution >= 4 is 27.9 Å². The summed E-state index contributed by atoms with van der Waals surface area (Å²) in [4.78, 5) is 39.9. The van der Waals surface area contributed by atoms with Gasteiger partial charge in [0, 0.05) is 6.42 Å². The smallest absolute Gasteiger partial charge is 0.330 e. The molecule has 0 saturated carbocycles. The summed E-state index contributed by atoms with van der Waals surface area (Å²) in [7, 11) is -4.71. The van der Waals surface area contributed by atoms with Crippen molar-refractivity contribution in [1.82, 2.24) is 5.06 Å². The molecule has 0 aromatic carbocycles. The van der Waals surface area contributed by atoms with E-state index in [1.807, 2.05) is 0 Å². The van der Waals surface area contributed by atoms with Crippen molar-refractivity contribution in [3.63, 3.8) is 0 Å². The SMILES string of the molecule is CCCCCCCC/C=C/CCCCCCCC(=O)ON1C(=O)C[C@H](S(=O)(=O)O)C1=O. The van der Waals surface area contributed by atoms with Gasteiger partial charge in [-0.25, -0.2) is 4.79 Å². The number of hydrogen-bond acceptors (Lipinski definition) is 6. The zero-order valence-electron chi connectivity index (χ0n) is 18.6. The van der Waals surface area contributed by atoms with Gasteiger partial charge in [0.15, 0.2) is 5.25 Å². The van der Waals surface area contributed by atoms with Crippen LogP contribution in [0.3, 0.4) is 0 Å². The second kappa shape index (κ2) is 15.1. The number of hydrogen-bond donors (Lipinski definition) is 1. The van der Waals surface area contributed by atoms with E-state index in [0.29, 0.717) is 6.42 Å². The van der Waals surface area contributed by atoms with Crippen molar-refractivity contribution in [2.75, 3.05) is 0 Å². The minimum Gasteiger partial charge on any atom is -0.330 e. The normalized spacial score (nSPS) is 17.1. The van der Waals surface area contributed by atoms with Crippen LogP contribution in [0.2, 0.25) is 0 Å². The highest BCUT2D eigenvalue weighted by molar-refractivity contribution is 7.87. The fourth-order valence-corrected chi connectivity index (χ4v) is 4.10. The molecule has 1 N–H and O–H groups in total. The van der Waals surface area contributed by atoms with Gasteiger partial charge in [-0.2, -0.15) is 8.42 Å². The first kappa shape index (κ1) is 27.3. The maximum Gasteiger partial charge on any atom is 0.333 e. The first-order valence-electron chi connectivity index (χ1n) is 11.5. The van der Waals surface area contributed by atoms with Gasteiger partial charge in [-0.05, 0) is 32.1 Å². The molecule has 31 heavy (non-hydrogen) atoms. The lowest BCUT2D eigenvalue weighted by molar-refractivity contribution is -0.197. The standard InChI is InChI=1S/C22H37NO7S/c1-2-3-4-5-6-7-8-9-10-11-12-13-14-15-16-17-21(25)30-23-20(24)18-19(22(23)26)31(27,28)29/h9-10,19H,2-8,11-18H2,1H3,(H,27,28,29)/b10-9+/t19-/m0/s1. The van der Waals surface area contributed by atoms with Crippen LogP contribution in [0.15, 0.2) is 12.2 Å². The van der Waals surface area contributed by atoms with Crippen LogP contribution in [-0.2, 0) is 29.3 Å². The van der Waals surface area contributed by atoms with E-state index in [1.165, 1.54) is 38.5 Å². The molecule has 0 bridgehead atoms. The van der Waals surface area contributed by atoms with Crippen LogP contribution in [0.25, 0.3) is 0 Å². The largest absolute Gasteiger partial charge is 0.333 e. The Hall–Kier alpha value is -1.74. The highest BCUT2D eigenvalue weighted by Gasteiger charge is 2.48. The molecule has 1 saturated heterocycles. The summed E-state index contributed by atoms with van der Waals surface area (Å²) >= 11 is 0. The summed E-state index contributed by atoms with van der Waals surface area (Å²) in [6.45, 7) is 2.23. The summed E-state index contributed by atoms with van der Waals surface area (Å²) in [6.07, 6.45) is 18.5. The molecule has 1 rings (SSSR count). The van der Waals surface area contributed by atoms with Gasteiger partial charge in [0.25, 0.3) is 21.9 Å². The van der Waals surface area contributed by atoms with Crippen LogP contribution in [0.4, 0.5) is 0 Å². The minimum atomic E-state index is -4.71. The predicted molar refractivity (Wildman–Crippen MR) is 117 cm³/mol. The number of rotatable bonds is 17. The minimum absolute atomic E-state index is 0.0335. The molecule has 0 aliphatic carbocycles. The van der Waals surface area contributed by atoms with Gasteiger partial charge < -0.3 is 4.84 Å². The fourth-order valence-electron chi connectivity index (χ4n) is 3.40. The third-order valence-corrected chi connectivity index (χ3v) is 6.34. The Bertz CT molecular complexity index is 703. The lowest BCUT2D eigenvalue weighted by Crippen LogP contribution is -2.36. The van der Waals surface area contributed by atoms with E-state index in [2.05, 4.69) is 19.1 Å². The van der Waals surface area contributed by atoms with Crippen LogP contribution < -0.4 is 0 Å². The summed E-state index contributed by atoms with van der Waals surface area (Å²) < 4.78 is 31.1. The summed E-state index contributed by atoms with van der Waals surface area (Å²) in [5, 5.41) is -1.74. The molecule has 0 radical (unpaired) electrons. The second-order valence-corrected chi connectivity index (χ2v) is 9.63. The molecule has 0 aromatic rings. The number of carbonyl (C=O) groups is 3. The summed E-state index contributed by atoms with van der Waals surface area (Å²) in [6, 6.07) is 0. The van der Waals surface area contributed by atoms with Crippen molar-refractivity contribution in [3.8, 4) is 0 Å². The lowest BCUT2D eigenvalue weighted by Gasteiger charge is -2.13. The number of unbranched alkanes of at least 4 members (excludes halogenated alkanes) is 11. The number of amides is 2. The zero-order chi connectivity index (χ0) is 23.1. The highest BCUT2D eigenvalue weighted by Crippen LogP contribution is 2.20. The van der Waals surface area contributed by atoms with Crippen LogP contribution in [0.5, 0.6) is 0 Å². The van der Waals surface area contributed by atoms with Gasteiger partial charge in [0.05, 0.1) is 6.42 Å². The van der Waals surface area contributed by atoms with Crippen molar-refractivity contribution in [2.45, 2.75) is 108 Å². The Morgan fingerprint density at radius 2 is 1.48 bits per heavy atom. The molecule has 0 spiro atoms. The fraction of sp³-hybridized carbons (Fsp3) is 0.773. The molecular formula is C22H37NO7S. The molecular weight excluding hydrogens is 422 g/mol. The van der Waals surface area contributed by atoms with E-state index in [4.69, 9.17) is 9.39 Å². The number of hydroxylamine groups is 2. The zero-order valence-corrected chi connectivity index (χ0v) is 19.4. The molecule has 2 amide bonds. The van der Waals surface area contributed by atoms with E-state index < -0.39 is 39.6 Å². The molecule has 178 valence electrons. The van der Waals surface area contributed by atoms with Crippen LogP contribution in [0, 0.1) is 0 Å². The van der Waals surface area contributed by atoms with Crippen molar-refractivity contribution in [2.24, 2.45) is 0 Å². The van der Waals surface area contributed by atoms with Gasteiger partial charge in [-0.3, -0.25) is 14.1 Å². The Labute approximate surface area is 186 Å². The van der Waals surface area contributed by atoms with Crippen LogP contribution >= 0.6 is 0 Å². The first-order chi connectivity index (χ1) is 14.8. The maximum atomic E-state index is 11.8. The molecule has 1 heterocycles. The molecule has 9 heteroatoms. The van der Waals surface area contributed by atoms with Crippen molar-refractivity contribution < 1.29 is 32.2 Å². The lowest BCUT2D eigenvalue weighted by atomic mass is 10.1. The molecule has 1 aliphatic heterocycles. The molecule has 0 unspecified atom stereocenters. The molecule has 1 aliphatic rings. The number of carbonyl (C=O) groups excluding carboxylic acids is 3. The van der Waals surface area contributed by atoms with E-state index >= 15 is 0 Å². The van der Waals surface area contributed by atoms with Gasteiger partial charge in [0.1, 0.15) is 0 Å².